The van der Waals surface area contributed by atoms with Gasteiger partial charge in [-0.3, -0.25) is 0 Å². The van der Waals surface area contributed by atoms with Crippen LogP contribution in [0.5, 0.6) is 11.5 Å². The van der Waals surface area contributed by atoms with Crippen molar-refractivity contribution >= 4 is 22.8 Å². The molecular formula is C15H17NO7. The molecule has 2 aromatic rings. The smallest absolute Gasteiger partial charge is 0.358 e. The van der Waals surface area contributed by atoms with Gasteiger partial charge in [0.05, 0.1) is 32.2 Å². The van der Waals surface area contributed by atoms with Crippen LogP contribution in [0.4, 0.5) is 0 Å². The van der Waals surface area contributed by atoms with E-state index in [1.165, 1.54) is 28.3 Å². The van der Waals surface area contributed by atoms with E-state index in [1.807, 2.05) is 0 Å². The van der Waals surface area contributed by atoms with Crippen molar-refractivity contribution in [3.8, 4) is 11.5 Å². The van der Waals surface area contributed by atoms with Gasteiger partial charge in [-0.15, -0.1) is 0 Å². The van der Waals surface area contributed by atoms with Crippen LogP contribution < -0.4 is 9.62 Å². The molecule has 0 saturated carbocycles. The molecular weight excluding hydrogens is 306 g/mol. The first-order chi connectivity index (χ1) is 11.0. The topological polar surface area (TPSA) is 96.1 Å². The number of H-pyrrole nitrogens is 1. The summed E-state index contributed by atoms with van der Waals surface area (Å²) < 4.78 is 14.4. The summed E-state index contributed by atoms with van der Waals surface area (Å²) in [6.07, 6.45) is -0.971. The van der Waals surface area contributed by atoms with Crippen molar-refractivity contribution < 1.29 is 33.6 Å². The van der Waals surface area contributed by atoms with Crippen molar-refractivity contribution in [3.05, 3.63) is 23.9 Å². The summed E-state index contributed by atoms with van der Waals surface area (Å²) in [4.78, 5) is 36.3. The van der Waals surface area contributed by atoms with E-state index in [1.54, 1.807) is 18.2 Å². The normalized spacial score (nSPS) is 11.8. The summed E-state index contributed by atoms with van der Waals surface area (Å²) in [5.74, 6) is -0.577. The molecule has 124 valence electrons. The zero-order valence-corrected chi connectivity index (χ0v) is 13.2. The minimum atomic E-state index is -0.971. The highest BCUT2D eigenvalue weighted by Gasteiger charge is 2.24. The Kier molecular flexibility index (Phi) is 5.07. The summed E-state index contributed by atoms with van der Waals surface area (Å²) in [6, 6.07) is 5.11. The molecule has 1 aromatic carbocycles. The Morgan fingerprint density at radius 3 is 2.48 bits per heavy atom. The van der Waals surface area contributed by atoms with Crippen LogP contribution in [-0.4, -0.2) is 44.4 Å². The Labute approximate surface area is 132 Å². The maximum absolute atomic E-state index is 11.9. The zero-order valence-electron chi connectivity index (χ0n) is 13.2. The van der Waals surface area contributed by atoms with Crippen LogP contribution in [0.25, 0.3) is 10.9 Å². The van der Waals surface area contributed by atoms with Gasteiger partial charge in [-0.05, 0) is 25.1 Å². The van der Waals surface area contributed by atoms with Gasteiger partial charge in [0.2, 0.25) is 5.75 Å². The molecule has 1 heterocycles. The van der Waals surface area contributed by atoms with Crippen molar-refractivity contribution in [3.63, 3.8) is 0 Å². The monoisotopic (exact) mass is 323 g/mol. The number of ether oxygens (including phenoxy) is 3. The second-order valence-electron chi connectivity index (χ2n) is 4.58. The van der Waals surface area contributed by atoms with E-state index in [0.717, 1.165) is 0 Å². The predicted octanol–water partition coefficient (Wildman–Crippen LogP) is 1.83. The molecule has 0 saturated heterocycles. The number of aromatic nitrogens is 1. The Morgan fingerprint density at radius 1 is 1.13 bits per heavy atom. The molecule has 8 nitrogen and oxygen atoms in total. The maximum atomic E-state index is 11.9. The third-order valence-corrected chi connectivity index (χ3v) is 3.16. The number of aromatic amines is 1. The van der Waals surface area contributed by atoms with Crippen molar-refractivity contribution in [1.29, 1.82) is 0 Å². The van der Waals surface area contributed by atoms with Gasteiger partial charge in [0.15, 0.2) is 11.8 Å². The van der Waals surface area contributed by atoms with Crippen LogP contribution in [0.3, 0.4) is 0 Å². The summed E-state index contributed by atoms with van der Waals surface area (Å²) in [7, 11) is 4.00. The minimum absolute atomic E-state index is 0.0628. The number of methoxy groups -OCH3 is 3. The summed E-state index contributed by atoms with van der Waals surface area (Å²) in [5.41, 5.74) is 0.684. The molecule has 0 aliphatic heterocycles. The molecule has 0 bridgehead atoms. The number of carbonyl (C=O) groups excluding carboxylic acids is 2. The second-order valence-corrected chi connectivity index (χ2v) is 4.58. The highest BCUT2D eigenvalue weighted by molar-refractivity contribution is 6.01. The van der Waals surface area contributed by atoms with Crippen LogP contribution in [0.15, 0.2) is 18.2 Å². The Hall–Kier alpha value is -2.74. The molecule has 0 aliphatic rings. The van der Waals surface area contributed by atoms with Gasteiger partial charge in [0.1, 0.15) is 5.75 Å². The number of fused-ring (bicyclic) bond motifs is 1. The van der Waals surface area contributed by atoms with E-state index in [-0.39, 0.29) is 11.4 Å². The van der Waals surface area contributed by atoms with Crippen LogP contribution in [0.1, 0.15) is 17.4 Å². The van der Waals surface area contributed by atoms with E-state index in [9.17, 15) is 9.59 Å². The zero-order chi connectivity index (χ0) is 17.0. The van der Waals surface area contributed by atoms with Gasteiger partial charge in [-0.25, -0.2) is 9.59 Å². The van der Waals surface area contributed by atoms with Gasteiger partial charge in [-0.2, -0.15) is 4.89 Å². The minimum Gasteiger partial charge on any atom is -0.497 e. The van der Waals surface area contributed by atoms with Gasteiger partial charge in [-0.1, -0.05) is 0 Å². The molecule has 23 heavy (non-hydrogen) atoms. The number of esters is 2. The predicted molar refractivity (Wildman–Crippen MR) is 79.4 cm³/mol. The maximum Gasteiger partial charge on any atom is 0.358 e. The van der Waals surface area contributed by atoms with Gasteiger partial charge in [0.25, 0.3) is 0 Å². The van der Waals surface area contributed by atoms with E-state index in [2.05, 4.69) is 9.72 Å². The van der Waals surface area contributed by atoms with Gasteiger partial charge >= 0.3 is 11.9 Å². The van der Waals surface area contributed by atoms with Crippen molar-refractivity contribution in [2.24, 2.45) is 0 Å². The lowest BCUT2D eigenvalue weighted by Crippen LogP contribution is -2.23. The number of benzene rings is 1. The van der Waals surface area contributed by atoms with E-state index < -0.39 is 18.0 Å². The lowest BCUT2D eigenvalue weighted by atomic mass is 10.2. The summed E-state index contributed by atoms with van der Waals surface area (Å²) in [6.45, 7) is 1.46. The second kappa shape index (κ2) is 7.01. The molecule has 1 aromatic heterocycles. The number of hydrogen-bond acceptors (Lipinski definition) is 7. The molecule has 0 amide bonds. The average molecular weight is 323 g/mol. The number of nitrogens with one attached hydrogen (secondary N) is 1. The lowest BCUT2D eigenvalue weighted by Gasteiger charge is -2.10. The average Bonchev–Trinajstić information content (AvgIpc) is 2.95. The van der Waals surface area contributed by atoms with Crippen molar-refractivity contribution in [2.45, 2.75) is 13.0 Å². The molecule has 1 atom stereocenters. The first-order valence-electron chi connectivity index (χ1n) is 6.71. The molecule has 0 spiro atoms. The summed E-state index contributed by atoms with van der Waals surface area (Å²) >= 11 is 0. The number of rotatable bonds is 6. The fourth-order valence-corrected chi connectivity index (χ4v) is 1.93. The first kappa shape index (κ1) is 16.6. The quantitative estimate of drug-likeness (QED) is 0.492. The Morgan fingerprint density at radius 2 is 1.87 bits per heavy atom. The number of hydrogen-bond donors (Lipinski definition) is 1. The molecule has 2 rings (SSSR count). The van der Waals surface area contributed by atoms with Crippen LogP contribution in [0.2, 0.25) is 0 Å². The molecule has 0 fully saturated rings. The Balaban J connectivity index is 2.40. The highest BCUT2D eigenvalue weighted by atomic mass is 17.2. The van der Waals surface area contributed by atoms with Gasteiger partial charge < -0.3 is 24.1 Å². The standard InChI is InChI=1S/C15H17NO7/c1-8(14(17)20-3)22-23-13-10-7-9(19-2)5-6-11(10)16-12(13)15(18)21-4/h5-8,16H,1-4H3. The Bertz CT molecular complexity index is 722. The van der Waals surface area contributed by atoms with Crippen LogP contribution >= 0.6 is 0 Å². The molecule has 1 unspecified atom stereocenters. The third kappa shape index (κ3) is 3.37. The van der Waals surface area contributed by atoms with E-state index >= 15 is 0 Å². The van der Waals surface area contributed by atoms with E-state index in [4.69, 9.17) is 19.2 Å². The van der Waals surface area contributed by atoms with Crippen LogP contribution in [-0.2, 0) is 19.2 Å². The largest absolute Gasteiger partial charge is 0.497 e. The lowest BCUT2D eigenvalue weighted by molar-refractivity contribution is -0.243. The fourth-order valence-electron chi connectivity index (χ4n) is 1.93. The highest BCUT2D eigenvalue weighted by Crippen LogP contribution is 2.33. The third-order valence-electron chi connectivity index (χ3n) is 3.16. The molecule has 0 radical (unpaired) electrons. The molecule has 0 aliphatic carbocycles. The van der Waals surface area contributed by atoms with Crippen molar-refractivity contribution in [1.82, 2.24) is 4.98 Å². The van der Waals surface area contributed by atoms with Gasteiger partial charge in [0, 0.05) is 0 Å². The van der Waals surface area contributed by atoms with Crippen molar-refractivity contribution in [2.75, 3.05) is 21.3 Å². The summed E-state index contributed by atoms with van der Waals surface area (Å²) in [5, 5.41) is 0.543. The fraction of sp³-hybridized carbons (Fsp3) is 0.333. The molecule has 8 heteroatoms. The van der Waals surface area contributed by atoms with Crippen LogP contribution in [0, 0.1) is 0 Å². The van der Waals surface area contributed by atoms with E-state index in [0.29, 0.717) is 16.7 Å². The first-order valence-corrected chi connectivity index (χ1v) is 6.71. The molecule has 1 N–H and O–H groups in total. The number of carbonyl (C=O) groups is 2. The SMILES string of the molecule is COC(=O)c1[nH]c2ccc(OC)cc2c1OOC(C)C(=O)OC.